The second kappa shape index (κ2) is 10.9. The summed E-state index contributed by atoms with van der Waals surface area (Å²) >= 11 is 0. The number of primary amides is 1. The van der Waals surface area contributed by atoms with Crippen LogP contribution >= 0.6 is 0 Å². The van der Waals surface area contributed by atoms with Crippen molar-refractivity contribution in [1.29, 1.82) is 0 Å². The molecular formula is C31H25F5N4O5. The minimum Gasteiger partial charge on any atom is -0.489 e. The lowest BCUT2D eigenvalue weighted by Crippen LogP contribution is -2.52. The number of hydrogen-bond acceptors (Lipinski definition) is 7. The van der Waals surface area contributed by atoms with Gasteiger partial charge in [0.15, 0.2) is 0 Å². The highest BCUT2D eigenvalue weighted by Crippen LogP contribution is 2.48. The molecule has 2 atom stereocenters. The Labute approximate surface area is 252 Å². The third-order valence-electron chi connectivity index (χ3n) is 7.92. The van der Waals surface area contributed by atoms with Crippen LogP contribution in [0.15, 0.2) is 60.8 Å². The van der Waals surface area contributed by atoms with Crippen molar-refractivity contribution >= 4 is 22.7 Å². The van der Waals surface area contributed by atoms with Gasteiger partial charge in [-0.05, 0) is 61.4 Å². The summed E-state index contributed by atoms with van der Waals surface area (Å²) in [5.74, 6) is -2.81. The molecule has 2 aromatic carbocycles. The van der Waals surface area contributed by atoms with Crippen molar-refractivity contribution in [2.45, 2.75) is 36.1 Å². The molecule has 0 saturated heterocycles. The van der Waals surface area contributed by atoms with Crippen LogP contribution in [0, 0.1) is 5.82 Å². The molecule has 2 amide bonds. The molecule has 1 saturated carbocycles. The second-order valence-electron chi connectivity index (χ2n) is 11.0. The average molecular weight is 629 g/mol. The number of aliphatic hydroxyl groups is 1. The fourth-order valence-electron chi connectivity index (χ4n) is 5.10. The van der Waals surface area contributed by atoms with Gasteiger partial charge in [-0.25, -0.2) is 13.8 Å². The molecule has 3 heterocycles. The molecule has 2 aliphatic rings. The van der Waals surface area contributed by atoms with E-state index < -0.39 is 60.3 Å². The summed E-state index contributed by atoms with van der Waals surface area (Å²) in [6, 6.07) is 11.2. The SMILES string of the molecule is NC(=O)[C@@]1(CF)COc2c1cc([C@@](O)(CNC(=O)c1cc(OC3CC3)c3ncccc3c1)C(F)(F)F)nc2-c1ccc(F)cc1. The third kappa shape index (κ3) is 5.28. The molecule has 6 rings (SSSR count). The highest BCUT2D eigenvalue weighted by molar-refractivity contribution is 6.00. The van der Waals surface area contributed by atoms with Gasteiger partial charge in [0.05, 0.1) is 18.3 Å². The van der Waals surface area contributed by atoms with Gasteiger partial charge in [0.2, 0.25) is 11.5 Å². The number of hydrogen-bond donors (Lipinski definition) is 3. The van der Waals surface area contributed by atoms with Crippen LogP contribution < -0.4 is 20.5 Å². The van der Waals surface area contributed by atoms with Gasteiger partial charge in [-0.3, -0.25) is 14.6 Å². The summed E-state index contributed by atoms with van der Waals surface area (Å²) in [4.78, 5) is 33.9. The summed E-state index contributed by atoms with van der Waals surface area (Å²) in [5, 5.41) is 13.9. The number of benzene rings is 2. The number of nitrogens with two attached hydrogens (primary N) is 1. The molecule has 1 aliphatic carbocycles. The maximum absolute atomic E-state index is 14.7. The first kappa shape index (κ1) is 30.2. The van der Waals surface area contributed by atoms with Crippen LogP contribution in [-0.2, 0) is 15.8 Å². The Morgan fingerprint density at radius 2 is 1.87 bits per heavy atom. The topological polar surface area (TPSA) is 137 Å². The number of aromatic nitrogens is 2. The van der Waals surface area contributed by atoms with Gasteiger partial charge < -0.3 is 25.6 Å². The Bertz CT molecular complexity index is 1820. The average Bonchev–Trinajstić information content (AvgIpc) is 3.75. The minimum atomic E-state index is -5.44. The number of carbonyl (C=O) groups is 2. The highest BCUT2D eigenvalue weighted by Gasteiger charge is 2.58. The van der Waals surface area contributed by atoms with Crippen molar-refractivity contribution < 1.29 is 46.1 Å². The Morgan fingerprint density at radius 3 is 2.51 bits per heavy atom. The van der Waals surface area contributed by atoms with Crippen LogP contribution in [-0.4, -0.2) is 59.0 Å². The first-order chi connectivity index (χ1) is 21.4. The van der Waals surface area contributed by atoms with E-state index in [1.807, 2.05) is 0 Å². The van der Waals surface area contributed by atoms with Gasteiger partial charge in [-0.15, -0.1) is 0 Å². The number of pyridine rings is 2. The van der Waals surface area contributed by atoms with Gasteiger partial charge in [0, 0.05) is 28.3 Å². The Hall–Kier alpha value is -4.85. The van der Waals surface area contributed by atoms with Crippen LogP contribution in [0.25, 0.3) is 22.2 Å². The second-order valence-corrected chi connectivity index (χ2v) is 11.0. The smallest absolute Gasteiger partial charge is 0.424 e. The van der Waals surface area contributed by atoms with Gasteiger partial charge in [-0.1, -0.05) is 6.07 Å². The molecule has 2 aromatic heterocycles. The van der Waals surface area contributed by atoms with E-state index in [4.69, 9.17) is 15.2 Å². The van der Waals surface area contributed by atoms with Crippen molar-refractivity contribution in [2.75, 3.05) is 19.8 Å². The molecule has 1 fully saturated rings. The number of rotatable bonds is 9. The lowest BCUT2D eigenvalue weighted by atomic mass is 9.81. The quantitative estimate of drug-likeness (QED) is 0.236. The molecule has 0 radical (unpaired) electrons. The van der Waals surface area contributed by atoms with Crippen molar-refractivity contribution in [3.05, 3.63) is 83.4 Å². The normalized spacial score (nSPS) is 19.0. The van der Waals surface area contributed by atoms with Gasteiger partial charge in [0.1, 0.15) is 47.2 Å². The predicted octanol–water partition coefficient (Wildman–Crippen LogP) is 4.24. The number of alkyl halides is 4. The summed E-state index contributed by atoms with van der Waals surface area (Å²) in [5.41, 5.74) is -1.86. The maximum atomic E-state index is 14.7. The standard InChI is InChI=1S/C31H25F5N4O5/c32-13-29(28(37)42)15-44-26-21(29)12-23(40-25(26)16-3-5-19(33)6-4-16)30(43,31(34,35)36)14-39-27(41)18-10-17-2-1-9-38-24(17)22(11-18)45-20-7-8-20/h1-6,9-12,20,43H,7-8,13-15H2,(H2,37,42)(H,39,41)/t29-,30-/m0/s1. The molecule has 0 bridgehead atoms. The van der Waals surface area contributed by atoms with Gasteiger partial charge >= 0.3 is 6.18 Å². The molecular weight excluding hydrogens is 603 g/mol. The zero-order valence-electron chi connectivity index (χ0n) is 23.3. The predicted molar refractivity (Wildman–Crippen MR) is 150 cm³/mol. The van der Waals surface area contributed by atoms with Crippen molar-refractivity contribution in [1.82, 2.24) is 15.3 Å². The monoisotopic (exact) mass is 628 g/mol. The maximum Gasteiger partial charge on any atom is 0.424 e. The fraction of sp³-hybridized carbons (Fsp3) is 0.290. The van der Waals surface area contributed by atoms with E-state index in [9.17, 15) is 36.6 Å². The molecule has 4 N–H and O–H groups in total. The van der Waals surface area contributed by atoms with E-state index >= 15 is 0 Å². The van der Waals surface area contributed by atoms with E-state index in [1.54, 1.807) is 12.1 Å². The number of halogens is 5. The van der Waals surface area contributed by atoms with Crippen LogP contribution in [0.3, 0.4) is 0 Å². The van der Waals surface area contributed by atoms with Crippen LogP contribution in [0.1, 0.15) is 34.5 Å². The van der Waals surface area contributed by atoms with Crippen LogP contribution in [0.4, 0.5) is 22.0 Å². The Balaban J connectivity index is 1.41. The highest BCUT2D eigenvalue weighted by atomic mass is 19.4. The molecule has 1 aliphatic heterocycles. The number of carbonyl (C=O) groups excluding carboxylic acids is 2. The molecule has 234 valence electrons. The lowest BCUT2D eigenvalue weighted by molar-refractivity contribution is -0.265. The van der Waals surface area contributed by atoms with E-state index in [0.29, 0.717) is 17.0 Å². The fourth-order valence-corrected chi connectivity index (χ4v) is 5.10. The van der Waals surface area contributed by atoms with Crippen molar-refractivity contribution in [3.8, 4) is 22.8 Å². The Kier molecular flexibility index (Phi) is 7.34. The molecule has 9 nitrogen and oxygen atoms in total. The molecule has 45 heavy (non-hydrogen) atoms. The van der Waals surface area contributed by atoms with E-state index in [-0.39, 0.29) is 40.0 Å². The lowest BCUT2D eigenvalue weighted by Gasteiger charge is -2.31. The van der Waals surface area contributed by atoms with E-state index in [2.05, 4.69) is 15.3 Å². The van der Waals surface area contributed by atoms with Crippen molar-refractivity contribution in [3.63, 3.8) is 0 Å². The number of nitrogens with one attached hydrogen (secondary N) is 1. The summed E-state index contributed by atoms with van der Waals surface area (Å²) in [6.45, 7) is -3.49. The van der Waals surface area contributed by atoms with Gasteiger partial charge in [-0.2, -0.15) is 13.2 Å². The molecule has 0 unspecified atom stereocenters. The van der Waals surface area contributed by atoms with Crippen molar-refractivity contribution in [2.24, 2.45) is 5.73 Å². The molecule has 14 heteroatoms. The zero-order valence-corrected chi connectivity index (χ0v) is 23.3. The third-order valence-corrected chi connectivity index (χ3v) is 7.92. The number of amides is 2. The first-order valence-corrected chi connectivity index (χ1v) is 13.8. The van der Waals surface area contributed by atoms with Crippen LogP contribution in [0.5, 0.6) is 11.5 Å². The van der Waals surface area contributed by atoms with E-state index in [0.717, 1.165) is 25.0 Å². The Morgan fingerprint density at radius 1 is 1.13 bits per heavy atom. The summed E-state index contributed by atoms with van der Waals surface area (Å²) < 4.78 is 83.6. The molecule has 0 spiro atoms. The van der Waals surface area contributed by atoms with Gasteiger partial charge in [0.25, 0.3) is 5.91 Å². The summed E-state index contributed by atoms with van der Waals surface area (Å²) in [7, 11) is 0. The number of fused-ring (bicyclic) bond motifs is 2. The summed E-state index contributed by atoms with van der Waals surface area (Å²) in [6.07, 6.45) is -2.36. The minimum absolute atomic E-state index is 0.0511. The van der Waals surface area contributed by atoms with Crippen LogP contribution in [0.2, 0.25) is 0 Å². The zero-order chi connectivity index (χ0) is 32.1. The van der Waals surface area contributed by atoms with E-state index in [1.165, 1.54) is 30.5 Å². The number of nitrogens with zero attached hydrogens (tertiary/aromatic N) is 2. The number of ether oxygens (including phenoxy) is 2. The largest absolute Gasteiger partial charge is 0.489 e. The molecule has 4 aromatic rings. The first-order valence-electron chi connectivity index (χ1n) is 13.8.